The number of nitrogens with one attached hydrogen (secondary N) is 1. The van der Waals surface area contributed by atoms with E-state index in [9.17, 15) is 4.79 Å². The van der Waals surface area contributed by atoms with Crippen molar-refractivity contribution in [3.63, 3.8) is 0 Å². The van der Waals surface area contributed by atoms with E-state index in [0.29, 0.717) is 11.8 Å². The molecule has 2 saturated heterocycles. The number of carbonyl (C=O) groups is 1. The van der Waals surface area contributed by atoms with Crippen molar-refractivity contribution >= 4 is 30.7 Å². The highest BCUT2D eigenvalue weighted by atomic mass is 35.5. The van der Waals surface area contributed by atoms with Gasteiger partial charge in [-0.15, -0.1) is 24.8 Å². The summed E-state index contributed by atoms with van der Waals surface area (Å²) in [6.07, 6.45) is 7.44. The summed E-state index contributed by atoms with van der Waals surface area (Å²) in [5, 5.41) is 3.24. The van der Waals surface area contributed by atoms with Crippen LogP contribution >= 0.6 is 24.8 Å². The molecule has 144 valence electrons. The van der Waals surface area contributed by atoms with Crippen LogP contribution in [0.15, 0.2) is 0 Å². The van der Waals surface area contributed by atoms with E-state index in [0.717, 1.165) is 38.6 Å². The van der Waals surface area contributed by atoms with Gasteiger partial charge in [0.15, 0.2) is 0 Å². The van der Waals surface area contributed by atoms with E-state index >= 15 is 0 Å². The summed E-state index contributed by atoms with van der Waals surface area (Å²) in [6, 6.07) is 0.106. The number of rotatable bonds is 6. The molecule has 2 heterocycles. The summed E-state index contributed by atoms with van der Waals surface area (Å²) in [5.74, 6) is 1.60. The van der Waals surface area contributed by atoms with E-state index in [1.165, 1.54) is 38.5 Å². The highest BCUT2D eigenvalue weighted by molar-refractivity contribution is 5.85. The third-order valence-electron chi connectivity index (χ3n) is 5.40. The van der Waals surface area contributed by atoms with Crippen LogP contribution in [-0.2, 0) is 4.79 Å². The first kappa shape index (κ1) is 24.0. The van der Waals surface area contributed by atoms with E-state index in [2.05, 4.69) is 29.0 Å². The molecule has 1 atom stereocenters. The Morgan fingerprint density at radius 2 is 1.62 bits per heavy atom. The summed E-state index contributed by atoms with van der Waals surface area (Å²) >= 11 is 0. The molecule has 0 aliphatic carbocycles. The zero-order chi connectivity index (χ0) is 15.9. The molecule has 0 aromatic rings. The van der Waals surface area contributed by atoms with E-state index in [1.807, 2.05) is 7.05 Å². The van der Waals surface area contributed by atoms with Crippen molar-refractivity contribution in [1.29, 1.82) is 0 Å². The maximum Gasteiger partial charge on any atom is 0.240 e. The minimum Gasteiger partial charge on any atom is -0.341 e. The van der Waals surface area contributed by atoms with Crippen LogP contribution in [0, 0.1) is 11.8 Å². The maximum atomic E-state index is 13.0. The SMILES string of the molecule is CNCCC1CCN(C(=O)C(C(C)C)N2CCCCC2)CC1.Cl.Cl. The number of halogens is 2. The van der Waals surface area contributed by atoms with E-state index < -0.39 is 0 Å². The van der Waals surface area contributed by atoms with Gasteiger partial charge in [-0.05, 0) is 70.6 Å². The molecule has 2 rings (SSSR count). The molecule has 0 spiro atoms. The Bertz CT molecular complexity index is 341. The molecule has 0 saturated carbocycles. The fourth-order valence-corrected chi connectivity index (χ4v) is 4.04. The Balaban J connectivity index is 0.00000264. The van der Waals surface area contributed by atoms with E-state index in [1.54, 1.807) is 0 Å². The van der Waals surface area contributed by atoms with Gasteiger partial charge >= 0.3 is 0 Å². The van der Waals surface area contributed by atoms with Crippen LogP contribution in [0.2, 0.25) is 0 Å². The molecule has 2 aliphatic heterocycles. The van der Waals surface area contributed by atoms with Gasteiger partial charge in [0.2, 0.25) is 5.91 Å². The molecule has 1 N–H and O–H groups in total. The Labute approximate surface area is 160 Å². The highest BCUT2D eigenvalue weighted by Gasteiger charge is 2.34. The molecule has 1 amide bonds. The van der Waals surface area contributed by atoms with Gasteiger partial charge in [0.1, 0.15) is 0 Å². The number of amides is 1. The number of nitrogens with zero attached hydrogens (tertiary/aromatic N) is 2. The number of hydrogen-bond donors (Lipinski definition) is 1. The van der Waals surface area contributed by atoms with Gasteiger partial charge in [-0.3, -0.25) is 9.69 Å². The zero-order valence-corrected chi connectivity index (χ0v) is 17.3. The molecule has 6 heteroatoms. The lowest BCUT2D eigenvalue weighted by molar-refractivity contribution is -0.140. The van der Waals surface area contributed by atoms with Crippen molar-refractivity contribution in [3.8, 4) is 0 Å². The molecular formula is C18H37Cl2N3O. The van der Waals surface area contributed by atoms with Gasteiger partial charge in [0.25, 0.3) is 0 Å². The predicted octanol–water partition coefficient (Wildman–Crippen LogP) is 3.19. The van der Waals surface area contributed by atoms with Crippen molar-refractivity contribution in [2.45, 2.75) is 58.4 Å². The van der Waals surface area contributed by atoms with Gasteiger partial charge in [0.05, 0.1) is 6.04 Å². The lowest BCUT2D eigenvalue weighted by atomic mass is 9.91. The second-order valence-corrected chi connectivity index (χ2v) is 7.45. The first-order valence-electron chi connectivity index (χ1n) is 9.31. The number of piperidine rings is 2. The topological polar surface area (TPSA) is 35.6 Å². The van der Waals surface area contributed by atoms with Crippen LogP contribution in [0.3, 0.4) is 0 Å². The van der Waals surface area contributed by atoms with Crippen LogP contribution in [0.25, 0.3) is 0 Å². The van der Waals surface area contributed by atoms with Crippen molar-refractivity contribution in [2.75, 3.05) is 39.8 Å². The number of likely N-dealkylation sites (tertiary alicyclic amines) is 2. The third-order valence-corrected chi connectivity index (χ3v) is 5.40. The molecule has 24 heavy (non-hydrogen) atoms. The molecule has 0 aromatic carbocycles. The fourth-order valence-electron chi connectivity index (χ4n) is 4.04. The largest absolute Gasteiger partial charge is 0.341 e. The van der Waals surface area contributed by atoms with Gasteiger partial charge in [-0.2, -0.15) is 0 Å². The number of hydrogen-bond acceptors (Lipinski definition) is 3. The highest BCUT2D eigenvalue weighted by Crippen LogP contribution is 2.24. The lowest BCUT2D eigenvalue weighted by Gasteiger charge is -2.40. The molecule has 0 aromatic heterocycles. The first-order chi connectivity index (χ1) is 10.6. The Morgan fingerprint density at radius 1 is 1.04 bits per heavy atom. The van der Waals surface area contributed by atoms with Crippen molar-refractivity contribution < 1.29 is 4.79 Å². The van der Waals surface area contributed by atoms with Crippen LogP contribution < -0.4 is 5.32 Å². The van der Waals surface area contributed by atoms with E-state index in [-0.39, 0.29) is 30.9 Å². The molecule has 2 aliphatic rings. The second kappa shape index (κ2) is 12.3. The van der Waals surface area contributed by atoms with Crippen LogP contribution in [0.5, 0.6) is 0 Å². The minimum absolute atomic E-state index is 0. The van der Waals surface area contributed by atoms with Crippen LogP contribution in [-0.4, -0.2) is 61.5 Å². The summed E-state index contributed by atoms with van der Waals surface area (Å²) in [7, 11) is 2.02. The Hall–Kier alpha value is -0.0300. The monoisotopic (exact) mass is 381 g/mol. The average molecular weight is 382 g/mol. The van der Waals surface area contributed by atoms with Gasteiger partial charge in [-0.1, -0.05) is 20.3 Å². The van der Waals surface area contributed by atoms with Crippen LogP contribution in [0.4, 0.5) is 0 Å². The quantitative estimate of drug-likeness (QED) is 0.766. The standard InChI is InChI=1S/C18H35N3O.2ClH/c1-15(2)17(20-11-5-4-6-12-20)18(22)21-13-8-16(9-14-21)7-10-19-3;;/h15-17,19H,4-14H2,1-3H3;2*1H. The fraction of sp³-hybridized carbons (Fsp3) is 0.944. The molecule has 0 radical (unpaired) electrons. The Morgan fingerprint density at radius 3 is 2.12 bits per heavy atom. The summed E-state index contributed by atoms with van der Waals surface area (Å²) in [5.41, 5.74) is 0. The molecule has 1 unspecified atom stereocenters. The molecule has 2 fully saturated rings. The van der Waals surface area contributed by atoms with Gasteiger partial charge in [0, 0.05) is 13.1 Å². The molecule has 0 bridgehead atoms. The Kier molecular flexibility index (Phi) is 12.3. The second-order valence-electron chi connectivity index (χ2n) is 7.45. The van der Waals surface area contributed by atoms with Crippen molar-refractivity contribution in [2.24, 2.45) is 11.8 Å². The van der Waals surface area contributed by atoms with Crippen LogP contribution in [0.1, 0.15) is 52.4 Å². The molecule has 4 nitrogen and oxygen atoms in total. The average Bonchev–Trinajstić information content (AvgIpc) is 2.54. The van der Waals surface area contributed by atoms with Crippen molar-refractivity contribution in [3.05, 3.63) is 0 Å². The normalized spacial score (nSPS) is 21.1. The predicted molar refractivity (Wildman–Crippen MR) is 106 cm³/mol. The molecular weight excluding hydrogens is 345 g/mol. The third kappa shape index (κ3) is 6.70. The zero-order valence-electron chi connectivity index (χ0n) is 15.6. The van der Waals surface area contributed by atoms with Crippen molar-refractivity contribution in [1.82, 2.24) is 15.1 Å². The number of carbonyl (C=O) groups excluding carboxylic acids is 1. The lowest BCUT2D eigenvalue weighted by Crippen LogP contribution is -2.54. The maximum absolute atomic E-state index is 13.0. The summed E-state index contributed by atoms with van der Waals surface area (Å²) in [4.78, 5) is 17.6. The smallest absolute Gasteiger partial charge is 0.240 e. The summed E-state index contributed by atoms with van der Waals surface area (Å²) in [6.45, 7) is 9.64. The first-order valence-corrected chi connectivity index (χ1v) is 9.31. The van der Waals surface area contributed by atoms with E-state index in [4.69, 9.17) is 0 Å². The van der Waals surface area contributed by atoms with Gasteiger partial charge in [-0.25, -0.2) is 0 Å². The van der Waals surface area contributed by atoms with Gasteiger partial charge < -0.3 is 10.2 Å². The summed E-state index contributed by atoms with van der Waals surface area (Å²) < 4.78 is 0. The minimum atomic E-state index is 0.